The predicted molar refractivity (Wildman–Crippen MR) is 110 cm³/mol. The maximum Gasteiger partial charge on any atom is 0.267 e. The van der Waals surface area contributed by atoms with E-state index in [9.17, 15) is 9.59 Å². The SMILES string of the molecule is Cn1c2ccccc2c(=O)c2c(=O)n(C3CCCC3)c(-c3cccs3)nc21. The highest BCUT2D eigenvalue weighted by Gasteiger charge is 2.26. The molecule has 5 rings (SSSR count). The molecule has 27 heavy (non-hydrogen) atoms. The van der Waals surface area contributed by atoms with Crippen LogP contribution in [0.5, 0.6) is 0 Å². The molecule has 136 valence electrons. The lowest BCUT2D eigenvalue weighted by Gasteiger charge is -2.19. The highest BCUT2D eigenvalue weighted by Crippen LogP contribution is 2.33. The smallest absolute Gasteiger partial charge is 0.267 e. The number of fused-ring (bicyclic) bond motifs is 2. The summed E-state index contributed by atoms with van der Waals surface area (Å²) < 4.78 is 3.65. The lowest BCUT2D eigenvalue weighted by atomic mass is 10.1. The van der Waals surface area contributed by atoms with E-state index in [1.54, 1.807) is 22.0 Å². The zero-order chi connectivity index (χ0) is 18.5. The Morgan fingerprint density at radius 3 is 2.59 bits per heavy atom. The molecule has 1 fully saturated rings. The van der Waals surface area contributed by atoms with Crippen molar-refractivity contribution in [2.75, 3.05) is 0 Å². The summed E-state index contributed by atoms with van der Waals surface area (Å²) in [6.45, 7) is 0. The molecule has 3 aromatic heterocycles. The average Bonchev–Trinajstić information content (AvgIpc) is 3.39. The lowest BCUT2D eigenvalue weighted by molar-refractivity contribution is 0.505. The molecule has 0 unspecified atom stereocenters. The fourth-order valence-corrected chi connectivity index (χ4v) is 4.96. The third-order valence-corrected chi connectivity index (χ3v) is 6.45. The van der Waals surface area contributed by atoms with Crippen LogP contribution in [0.25, 0.3) is 32.6 Å². The monoisotopic (exact) mass is 377 g/mol. The fraction of sp³-hybridized carbons (Fsp3) is 0.286. The van der Waals surface area contributed by atoms with Gasteiger partial charge in [-0.1, -0.05) is 31.0 Å². The van der Waals surface area contributed by atoms with Crippen molar-refractivity contribution in [3.8, 4) is 10.7 Å². The standard InChI is InChI=1S/C21H19N3O2S/c1-23-15-10-5-4-9-14(15)18(25)17-20(23)22-19(16-11-6-12-27-16)24(21(17)26)13-7-2-3-8-13/h4-6,9-13H,2-3,7-8H2,1H3. The highest BCUT2D eigenvalue weighted by atomic mass is 32.1. The Kier molecular flexibility index (Phi) is 3.75. The van der Waals surface area contributed by atoms with Crippen molar-refractivity contribution in [3.63, 3.8) is 0 Å². The van der Waals surface area contributed by atoms with Crippen LogP contribution >= 0.6 is 11.3 Å². The molecule has 0 aliphatic heterocycles. The zero-order valence-electron chi connectivity index (χ0n) is 15.0. The molecule has 0 atom stereocenters. The van der Waals surface area contributed by atoms with Gasteiger partial charge in [-0.25, -0.2) is 4.98 Å². The predicted octanol–water partition coefficient (Wildman–Crippen LogP) is 4.09. The average molecular weight is 377 g/mol. The Morgan fingerprint density at radius 2 is 1.85 bits per heavy atom. The van der Waals surface area contributed by atoms with Gasteiger partial charge in [-0.05, 0) is 36.4 Å². The van der Waals surface area contributed by atoms with Crippen molar-refractivity contribution in [3.05, 3.63) is 62.4 Å². The summed E-state index contributed by atoms with van der Waals surface area (Å²) in [5.41, 5.74) is 0.821. The second kappa shape index (κ2) is 6.16. The van der Waals surface area contributed by atoms with Gasteiger partial charge in [0.15, 0.2) is 11.5 Å². The molecule has 5 nitrogen and oxygen atoms in total. The van der Waals surface area contributed by atoms with Crippen molar-refractivity contribution in [2.24, 2.45) is 7.05 Å². The van der Waals surface area contributed by atoms with Crippen LogP contribution in [-0.4, -0.2) is 14.1 Å². The van der Waals surface area contributed by atoms with Gasteiger partial charge in [0.05, 0.1) is 10.4 Å². The lowest BCUT2D eigenvalue weighted by Crippen LogP contribution is -2.31. The van der Waals surface area contributed by atoms with E-state index >= 15 is 0 Å². The van der Waals surface area contributed by atoms with Gasteiger partial charge in [0, 0.05) is 18.5 Å². The van der Waals surface area contributed by atoms with E-state index in [4.69, 9.17) is 4.98 Å². The molecular formula is C21H19N3O2S. The van der Waals surface area contributed by atoms with Crippen LogP contribution in [0, 0.1) is 0 Å². The van der Waals surface area contributed by atoms with Crippen LogP contribution in [0.1, 0.15) is 31.7 Å². The van der Waals surface area contributed by atoms with E-state index in [0.29, 0.717) is 16.9 Å². The second-order valence-corrected chi connectivity index (χ2v) is 8.08. The van der Waals surface area contributed by atoms with Crippen LogP contribution in [0.3, 0.4) is 0 Å². The third-order valence-electron chi connectivity index (χ3n) is 5.58. The molecule has 6 heteroatoms. The zero-order valence-corrected chi connectivity index (χ0v) is 15.8. The van der Waals surface area contributed by atoms with Gasteiger partial charge in [-0.2, -0.15) is 0 Å². The van der Waals surface area contributed by atoms with Crippen molar-refractivity contribution in [1.29, 1.82) is 0 Å². The maximum atomic E-state index is 13.6. The minimum Gasteiger partial charge on any atom is -0.328 e. The normalized spacial score (nSPS) is 15.1. The third kappa shape index (κ3) is 2.40. The number of nitrogens with zero attached hydrogens (tertiary/aromatic N) is 3. The van der Waals surface area contributed by atoms with E-state index in [1.165, 1.54) is 0 Å². The molecule has 0 radical (unpaired) electrons. The molecule has 3 heterocycles. The molecule has 1 saturated carbocycles. The molecule has 4 aromatic rings. The van der Waals surface area contributed by atoms with Gasteiger partial charge < -0.3 is 4.57 Å². The summed E-state index contributed by atoms with van der Waals surface area (Å²) in [7, 11) is 1.87. The molecule has 0 bridgehead atoms. The Labute approximate surface area is 159 Å². The maximum absolute atomic E-state index is 13.6. The Balaban J connectivity index is 1.98. The van der Waals surface area contributed by atoms with Crippen LogP contribution in [-0.2, 0) is 7.05 Å². The quantitative estimate of drug-likeness (QED) is 0.494. The van der Waals surface area contributed by atoms with E-state index in [0.717, 1.165) is 36.1 Å². The van der Waals surface area contributed by atoms with E-state index < -0.39 is 0 Å². The van der Waals surface area contributed by atoms with E-state index in [2.05, 4.69) is 0 Å². The Hall–Kier alpha value is -2.73. The van der Waals surface area contributed by atoms with Crippen LogP contribution in [0.2, 0.25) is 0 Å². The fourth-order valence-electron chi connectivity index (χ4n) is 4.25. The van der Waals surface area contributed by atoms with E-state index in [1.807, 2.05) is 47.3 Å². The number of rotatable bonds is 2. The largest absolute Gasteiger partial charge is 0.328 e. The first-order chi connectivity index (χ1) is 13.2. The van der Waals surface area contributed by atoms with Gasteiger partial charge in [-0.3, -0.25) is 14.2 Å². The summed E-state index contributed by atoms with van der Waals surface area (Å²) >= 11 is 1.57. The van der Waals surface area contributed by atoms with E-state index in [-0.39, 0.29) is 22.4 Å². The first kappa shape index (κ1) is 16.4. The Bertz CT molecular complexity index is 1280. The van der Waals surface area contributed by atoms with Crippen molar-refractivity contribution in [2.45, 2.75) is 31.7 Å². The number of hydrogen-bond acceptors (Lipinski definition) is 4. The van der Waals surface area contributed by atoms with Gasteiger partial charge in [0.1, 0.15) is 5.39 Å². The minimum absolute atomic E-state index is 0.114. The first-order valence-corrected chi connectivity index (χ1v) is 10.1. The summed E-state index contributed by atoms with van der Waals surface area (Å²) in [5, 5.41) is 2.75. The molecule has 0 spiro atoms. The summed E-state index contributed by atoms with van der Waals surface area (Å²) in [6.07, 6.45) is 4.13. The van der Waals surface area contributed by atoms with Gasteiger partial charge >= 0.3 is 0 Å². The van der Waals surface area contributed by atoms with Gasteiger partial charge in [0.25, 0.3) is 5.56 Å². The van der Waals surface area contributed by atoms with Gasteiger partial charge in [-0.15, -0.1) is 11.3 Å². The molecule has 1 aliphatic rings. The van der Waals surface area contributed by atoms with Crippen LogP contribution < -0.4 is 11.0 Å². The number of aryl methyl sites for hydroxylation is 1. The first-order valence-electron chi connectivity index (χ1n) is 9.24. The van der Waals surface area contributed by atoms with Crippen molar-refractivity contribution < 1.29 is 0 Å². The number of pyridine rings is 1. The van der Waals surface area contributed by atoms with Crippen molar-refractivity contribution >= 4 is 33.3 Å². The number of benzene rings is 1. The minimum atomic E-state index is -0.222. The topological polar surface area (TPSA) is 56.9 Å². The molecule has 0 amide bonds. The molecular weight excluding hydrogens is 358 g/mol. The summed E-state index contributed by atoms with van der Waals surface area (Å²) in [5.74, 6) is 0.680. The summed E-state index contributed by atoms with van der Waals surface area (Å²) in [6, 6.07) is 11.5. The van der Waals surface area contributed by atoms with Crippen LogP contribution in [0.15, 0.2) is 51.4 Å². The summed E-state index contributed by atoms with van der Waals surface area (Å²) in [4.78, 5) is 32.6. The second-order valence-electron chi connectivity index (χ2n) is 7.13. The number of para-hydroxylation sites is 1. The number of thiophene rings is 1. The number of aromatic nitrogens is 3. The number of hydrogen-bond donors (Lipinski definition) is 0. The molecule has 0 N–H and O–H groups in total. The van der Waals surface area contributed by atoms with Crippen molar-refractivity contribution in [1.82, 2.24) is 14.1 Å². The highest BCUT2D eigenvalue weighted by molar-refractivity contribution is 7.13. The van der Waals surface area contributed by atoms with Crippen LogP contribution in [0.4, 0.5) is 0 Å². The molecule has 1 aromatic carbocycles. The Morgan fingerprint density at radius 1 is 1.07 bits per heavy atom. The molecule has 0 saturated heterocycles. The molecule has 1 aliphatic carbocycles. The van der Waals surface area contributed by atoms with Gasteiger partial charge in [0.2, 0.25) is 5.43 Å².